The summed E-state index contributed by atoms with van der Waals surface area (Å²) in [5.41, 5.74) is 1.56. The van der Waals surface area contributed by atoms with E-state index in [1.807, 2.05) is 0 Å². The molecule has 0 aromatic heterocycles. The number of alkyl halides is 1. The highest BCUT2D eigenvalue weighted by Crippen LogP contribution is 2.28. The van der Waals surface area contributed by atoms with Gasteiger partial charge in [0.2, 0.25) is 15.9 Å². The van der Waals surface area contributed by atoms with Crippen LogP contribution in [0.2, 0.25) is 0 Å². The first-order valence-corrected chi connectivity index (χ1v) is 10.9. The molecule has 1 amide bonds. The van der Waals surface area contributed by atoms with Crippen molar-refractivity contribution in [3.63, 3.8) is 0 Å². The highest BCUT2D eigenvalue weighted by Gasteiger charge is 2.44. The molecule has 2 aromatic rings. The second kappa shape index (κ2) is 8.93. The molecule has 0 saturated carbocycles. The molecule has 1 heterocycles. The molecule has 9 heteroatoms. The predicted molar refractivity (Wildman–Crippen MR) is 108 cm³/mol. The lowest BCUT2D eigenvalue weighted by atomic mass is 10.1. The van der Waals surface area contributed by atoms with Crippen LogP contribution in [-0.2, 0) is 26.0 Å². The first kappa shape index (κ1) is 21.9. The molecule has 1 fully saturated rings. The molecule has 0 spiro atoms. The normalized spacial score (nSPS) is 20.6. The number of aliphatic carboxylic acids is 1. The van der Waals surface area contributed by atoms with E-state index in [1.54, 1.807) is 49.4 Å². The predicted octanol–water partition coefficient (Wildman–Crippen LogP) is 1.91. The minimum atomic E-state index is -4.11. The first-order valence-electron chi connectivity index (χ1n) is 9.48. The molecule has 2 aromatic carbocycles. The van der Waals surface area contributed by atoms with E-state index in [4.69, 9.17) is 0 Å². The van der Waals surface area contributed by atoms with E-state index in [1.165, 1.54) is 12.1 Å². The van der Waals surface area contributed by atoms with E-state index in [-0.39, 0.29) is 17.7 Å². The van der Waals surface area contributed by atoms with Crippen LogP contribution in [0.4, 0.5) is 4.39 Å². The van der Waals surface area contributed by atoms with Crippen molar-refractivity contribution >= 4 is 21.9 Å². The molecule has 3 rings (SSSR count). The minimum Gasteiger partial charge on any atom is -0.480 e. The maximum atomic E-state index is 14.1. The molecule has 1 saturated heterocycles. The number of carbonyl (C=O) groups excluding carboxylic acids is 1. The van der Waals surface area contributed by atoms with E-state index in [2.05, 4.69) is 5.32 Å². The molecule has 2 N–H and O–H groups in total. The van der Waals surface area contributed by atoms with Gasteiger partial charge in [-0.2, -0.15) is 4.31 Å². The number of rotatable bonds is 7. The Kier molecular flexibility index (Phi) is 6.52. The smallest absolute Gasteiger partial charge is 0.326 e. The van der Waals surface area contributed by atoms with Gasteiger partial charge in [-0.3, -0.25) is 4.79 Å². The van der Waals surface area contributed by atoms with E-state index in [9.17, 15) is 27.5 Å². The molecule has 160 valence electrons. The Morgan fingerprint density at radius 3 is 2.40 bits per heavy atom. The number of nitrogens with zero attached hydrogens (tertiary/aromatic N) is 1. The summed E-state index contributed by atoms with van der Waals surface area (Å²) < 4.78 is 40.9. The molecule has 0 radical (unpaired) electrons. The number of hydrogen-bond acceptors (Lipinski definition) is 4. The summed E-state index contributed by atoms with van der Waals surface area (Å²) in [6.07, 6.45) is -1.81. The Bertz CT molecular complexity index is 1010. The first-order chi connectivity index (χ1) is 14.2. The van der Waals surface area contributed by atoms with Gasteiger partial charge in [0.05, 0.1) is 4.90 Å². The fraction of sp³-hybridized carbons (Fsp3) is 0.333. The lowest BCUT2D eigenvalue weighted by Gasteiger charge is -2.24. The molecule has 1 aliphatic heterocycles. The van der Waals surface area contributed by atoms with Crippen molar-refractivity contribution in [1.82, 2.24) is 9.62 Å². The third-order valence-electron chi connectivity index (χ3n) is 5.03. The summed E-state index contributed by atoms with van der Waals surface area (Å²) in [5, 5.41) is 11.9. The third-order valence-corrected chi connectivity index (χ3v) is 6.92. The summed E-state index contributed by atoms with van der Waals surface area (Å²) in [7, 11) is -4.11. The van der Waals surface area contributed by atoms with Gasteiger partial charge in [-0.1, -0.05) is 48.0 Å². The van der Waals surface area contributed by atoms with Gasteiger partial charge in [-0.15, -0.1) is 0 Å². The number of halogens is 1. The Balaban J connectivity index is 1.80. The number of carboxylic acid groups (broad SMARTS) is 1. The maximum Gasteiger partial charge on any atom is 0.326 e. The van der Waals surface area contributed by atoms with Gasteiger partial charge in [0.1, 0.15) is 18.3 Å². The molecule has 3 atom stereocenters. The van der Waals surface area contributed by atoms with Crippen molar-refractivity contribution in [3.05, 3.63) is 65.7 Å². The second-order valence-corrected chi connectivity index (χ2v) is 9.22. The van der Waals surface area contributed by atoms with E-state index < -0.39 is 46.7 Å². The van der Waals surface area contributed by atoms with Gasteiger partial charge in [0, 0.05) is 19.4 Å². The Morgan fingerprint density at radius 1 is 1.17 bits per heavy atom. The highest BCUT2D eigenvalue weighted by molar-refractivity contribution is 7.89. The van der Waals surface area contributed by atoms with Crippen LogP contribution in [0.1, 0.15) is 17.5 Å². The fourth-order valence-electron chi connectivity index (χ4n) is 3.42. The van der Waals surface area contributed by atoms with Crippen LogP contribution >= 0.6 is 0 Å². The van der Waals surface area contributed by atoms with Crippen LogP contribution in [0.15, 0.2) is 59.5 Å². The van der Waals surface area contributed by atoms with E-state index in [0.717, 1.165) is 9.87 Å². The zero-order valence-electron chi connectivity index (χ0n) is 16.4. The lowest BCUT2D eigenvalue weighted by Crippen LogP contribution is -2.51. The van der Waals surface area contributed by atoms with Crippen molar-refractivity contribution in [3.8, 4) is 0 Å². The fourth-order valence-corrected chi connectivity index (χ4v) is 5.05. The molecular formula is C21H23FN2O5S. The number of carbonyl (C=O) groups is 2. The molecule has 1 aliphatic rings. The molecule has 30 heavy (non-hydrogen) atoms. The standard InChI is InChI=1S/C21H23FN2O5S/c1-14-7-9-17(10-8-14)30(28,29)24-13-16(22)12-19(24)20(25)23-18(21(26)27)11-15-5-3-2-4-6-15/h2-10,16,18-19H,11-13H2,1H3,(H,23,25)(H,26,27)/t16-,18+,19+/m1/s1. The summed E-state index contributed by atoms with van der Waals surface area (Å²) >= 11 is 0. The van der Waals surface area contributed by atoms with Gasteiger partial charge in [-0.25, -0.2) is 17.6 Å². The molecule has 0 unspecified atom stereocenters. The molecular weight excluding hydrogens is 411 g/mol. The number of nitrogens with one attached hydrogen (secondary N) is 1. The number of carboxylic acids is 1. The highest BCUT2D eigenvalue weighted by atomic mass is 32.2. The second-order valence-electron chi connectivity index (χ2n) is 7.33. The summed E-state index contributed by atoms with van der Waals surface area (Å²) in [6.45, 7) is 1.35. The average Bonchev–Trinajstić information content (AvgIpc) is 3.11. The van der Waals surface area contributed by atoms with Gasteiger partial charge < -0.3 is 10.4 Å². The van der Waals surface area contributed by atoms with Crippen molar-refractivity contribution in [1.29, 1.82) is 0 Å². The third kappa shape index (κ3) is 4.85. The van der Waals surface area contributed by atoms with Crippen LogP contribution in [0, 0.1) is 6.92 Å². The van der Waals surface area contributed by atoms with Gasteiger partial charge in [0.15, 0.2) is 0 Å². The zero-order valence-corrected chi connectivity index (χ0v) is 17.2. The average molecular weight is 434 g/mol. The lowest BCUT2D eigenvalue weighted by molar-refractivity contribution is -0.142. The van der Waals surface area contributed by atoms with Gasteiger partial charge in [0.25, 0.3) is 0 Å². The molecule has 0 bridgehead atoms. The van der Waals surface area contributed by atoms with Crippen molar-refractivity contribution in [2.45, 2.75) is 42.9 Å². The van der Waals surface area contributed by atoms with Crippen LogP contribution in [-0.4, -0.2) is 54.5 Å². The van der Waals surface area contributed by atoms with Crippen molar-refractivity contribution in [2.75, 3.05) is 6.54 Å². The largest absolute Gasteiger partial charge is 0.480 e. The number of sulfonamides is 1. The van der Waals surface area contributed by atoms with Crippen LogP contribution in [0.3, 0.4) is 0 Å². The van der Waals surface area contributed by atoms with Gasteiger partial charge >= 0.3 is 5.97 Å². The monoisotopic (exact) mass is 434 g/mol. The Morgan fingerprint density at radius 2 is 1.80 bits per heavy atom. The zero-order chi connectivity index (χ0) is 21.9. The topological polar surface area (TPSA) is 104 Å². The number of benzene rings is 2. The Labute approximate surface area is 174 Å². The number of hydrogen-bond donors (Lipinski definition) is 2. The quantitative estimate of drug-likeness (QED) is 0.693. The van der Waals surface area contributed by atoms with E-state index in [0.29, 0.717) is 5.56 Å². The summed E-state index contributed by atoms with van der Waals surface area (Å²) in [6, 6.07) is 12.2. The van der Waals surface area contributed by atoms with Crippen molar-refractivity contribution in [2.24, 2.45) is 0 Å². The maximum absolute atomic E-state index is 14.1. The number of amides is 1. The van der Waals surface area contributed by atoms with Crippen LogP contribution in [0.5, 0.6) is 0 Å². The summed E-state index contributed by atoms with van der Waals surface area (Å²) in [4.78, 5) is 24.4. The van der Waals surface area contributed by atoms with E-state index >= 15 is 0 Å². The van der Waals surface area contributed by atoms with Crippen LogP contribution in [0.25, 0.3) is 0 Å². The SMILES string of the molecule is Cc1ccc(S(=O)(=O)N2C[C@H](F)C[C@H]2C(=O)N[C@@H](Cc2ccccc2)C(=O)O)cc1. The van der Waals surface area contributed by atoms with Crippen LogP contribution < -0.4 is 5.32 Å². The van der Waals surface area contributed by atoms with Gasteiger partial charge in [-0.05, 0) is 24.6 Å². The Hall–Kier alpha value is -2.78. The van der Waals surface area contributed by atoms with Crippen molar-refractivity contribution < 1.29 is 27.5 Å². The molecule has 7 nitrogen and oxygen atoms in total. The molecule has 0 aliphatic carbocycles. The number of aryl methyl sites for hydroxylation is 1. The summed E-state index contributed by atoms with van der Waals surface area (Å²) in [5.74, 6) is -2.08. The minimum absolute atomic E-state index is 0.0262.